The summed E-state index contributed by atoms with van der Waals surface area (Å²) in [5.74, 6) is -5.35. The largest absolute Gasteiger partial charge is 0.480 e. The van der Waals surface area contributed by atoms with Crippen LogP contribution in [0.1, 0.15) is 12.8 Å². The highest BCUT2D eigenvalue weighted by Gasteiger charge is 2.28. The third kappa shape index (κ3) is 7.73. The number of amides is 4. The van der Waals surface area contributed by atoms with Crippen molar-refractivity contribution in [3.05, 3.63) is 0 Å². The van der Waals surface area contributed by atoms with Gasteiger partial charge in [0.1, 0.15) is 12.1 Å². The maximum Gasteiger partial charge on any atom is 0.326 e. The highest BCUT2D eigenvalue weighted by atomic mass is 16.4. The molecule has 0 aliphatic rings. The first-order valence-electron chi connectivity index (χ1n) is 6.35. The molecular weight excluding hydrogens is 314 g/mol. The van der Waals surface area contributed by atoms with Gasteiger partial charge in [0.05, 0.1) is 25.5 Å². The number of aliphatic hydroxyl groups excluding tert-OH is 1. The van der Waals surface area contributed by atoms with Crippen molar-refractivity contribution >= 4 is 29.6 Å². The van der Waals surface area contributed by atoms with Gasteiger partial charge in [0.15, 0.2) is 0 Å². The van der Waals surface area contributed by atoms with E-state index in [0.717, 1.165) is 0 Å². The van der Waals surface area contributed by atoms with Crippen LogP contribution in [0.3, 0.4) is 0 Å². The number of nitrogens with two attached hydrogens (primary N) is 3. The number of rotatable bonds is 10. The number of hydrogen-bond acceptors (Lipinski definition) is 7. The van der Waals surface area contributed by atoms with Gasteiger partial charge in [-0.25, -0.2) is 4.79 Å². The Balaban J connectivity index is 4.78. The molecule has 0 aliphatic carbocycles. The van der Waals surface area contributed by atoms with Crippen LogP contribution in [0.25, 0.3) is 0 Å². The number of carbonyl (C=O) groups excluding carboxylic acids is 4. The molecule has 0 spiro atoms. The number of carbonyl (C=O) groups is 5. The maximum absolute atomic E-state index is 11.8. The van der Waals surface area contributed by atoms with E-state index in [-0.39, 0.29) is 0 Å². The van der Waals surface area contributed by atoms with Gasteiger partial charge in [-0.1, -0.05) is 0 Å². The molecule has 23 heavy (non-hydrogen) atoms. The molecule has 0 aromatic rings. The minimum absolute atomic E-state index is 0.481. The Bertz CT molecular complexity index is 495. The van der Waals surface area contributed by atoms with Crippen LogP contribution in [0.5, 0.6) is 0 Å². The smallest absolute Gasteiger partial charge is 0.326 e. The Kier molecular flexibility index (Phi) is 8.21. The fourth-order valence-electron chi connectivity index (χ4n) is 1.46. The minimum atomic E-state index is -1.62. The van der Waals surface area contributed by atoms with Crippen molar-refractivity contribution in [2.45, 2.75) is 31.0 Å². The average molecular weight is 333 g/mol. The third-order valence-electron chi connectivity index (χ3n) is 2.59. The molecule has 0 saturated carbocycles. The van der Waals surface area contributed by atoms with E-state index >= 15 is 0 Å². The van der Waals surface area contributed by atoms with Gasteiger partial charge in [-0.15, -0.1) is 0 Å². The van der Waals surface area contributed by atoms with Gasteiger partial charge in [0.2, 0.25) is 23.6 Å². The van der Waals surface area contributed by atoms with E-state index in [1.54, 1.807) is 0 Å². The average Bonchev–Trinajstić information content (AvgIpc) is 2.41. The summed E-state index contributed by atoms with van der Waals surface area (Å²) in [6, 6.07) is -4.49. The van der Waals surface area contributed by atoms with Gasteiger partial charge in [-0.05, 0) is 0 Å². The maximum atomic E-state index is 11.8. The Morgan fingerprint density at radius 1 is 0.870 bits per heavy atom. The lowest BCUT2D eigenvalue weighted by molar-refractivity contribution is -0.144. The Hall–Kier alpha value is -2.73. The standard InChI is InChI=1S/C11H19N5O7/c12-4(1-7(13)18)9(20)16-6(3-17)10(21)15-5(11(22)23)2-8(14)19/h4-6,17H,1-3,12H2,(H2,13,18)(H2,14,19)(H,15,21)(H,16,20)(H,22,23). The molecule has 0 saturated heterocycles. The summed E-state index contributed by atoms with van der Waals surface area (Å²) in [4.78, 5) is 55.7. The zero-order valence-electron chi connectivity index (χ0n) is 12.0. The molecule has 3 unspecified atom stereocenters. The number of hydrogen-bond donors (Lipinski definition) is 7. The SMILES string of the molecule is NC(=O)CC(N)C(=O)NC(CO)C(=O)NC(CC(N)=O)C(=O)O. The monoisotopic (exact) mass is 333 g/mol. The van der Waals surface area contributed by atoms with E-state index in [2.05, 4.69) is 0 Å². The first-order chi connectivity index (χ1) is 10.6. The van der Waals surface area contributed by atoms with E-state index < -0.39 is 67.2 Å². The molecule has 0 rings (SSSR count). The highest BCUT2D eigenvalue weighted by molar-refractivity contribution is 5.94. The molecule has 0 fully saturated rings. The lowest BCUT2D eigenvalue weighted by Gasteiger charge is -2.20. The van der Waals surface area contributed by atoms with Crippen molar-refractivity contribution in [2.24, 2.45) is 17.2 Å². The van der Waals surface area contributed by atoms with Gasteiger partial charge >= 0.3 is 5.97 Å². The van der Waals surface area contributed by atoms with Crippen molar-refractivity contribution in [2.75, 3.05) is 6.61 Å². The zero-order chi connectivity index (χ0) is 18.2. The Labute approximate surface area is 130 Å². The number of carboxylic acids is 1. The lowest BCUT2D eigenvalue weighted by Crippen LogP contribution is -2.56. The molecule has 0 aliphatic heterocycles. The van der Waals surface area contributed by atoms with E-state index in [0.29, 0.717) is 0 Å². The molecule has 12 heteroatoms. The summed E-state index contributed by atoms with van der Waals surface area (Å²) in [6.07, 6.45) is -1.15. The predicted molar refractivity (Wildman–Crippen MR) is 74.2 cm³/mol. The molecule has 0 aromatic heterocycles. The summed E-state index contributed by atoms with van der Waals surface area (Å²) in [6.45, 7) is -0.871. The fourth-order valence-corrected chi connectivity index (χ4v) is 1.46. The Morgan fingerprint density at radius 2 is 1.35 bits per heavy atom. The van der Waals surface area contributed by atoms with Crippen molar-refractivity contribution in [1.29, 1.82) is 0 Å². The van der Waals surface area contributed by atoms with Crippen LogP contribution in [0, 0.1) is 0 Å². The number of primary amides is 2. The molecule has 130 valence electrons. The Morgan fingerprint density at radius 3 is 1.74 bits per heavy atom. The summed E-state index contributed by atoms with van der Waals surface area (Å²) >= 11 is 0. The second kappa shape index (κ2) is 9.32. The molecule has 0 heterocycles. The van der Waals surface area contributed by atoms with Crippen LogP contribution in [0.2, 0.25) is 0 Å². The van der Waals surface area contributed by atoms with E-state index in [9.17, 15) is 24.0 Å². The fraction of sp³-hybridized carbons (Fsp3) is 0.545. The lowest BCUT2D eigenvalue weighted by atomic mass is 10.1. The van der Waals surface area contributed by atoms with Gasteiger partial charge in [-0.2, -0.15) is 0 Å². The van der Waals surface area contributed by atoms with Gasteiger partial charge in [0, 0.05) is 0 Å². The van der Waals surface area contributed by atoms with Crippen LogP contribution in [0.4, 0.5) is 0 Å². The van der Waals surface area contributed by atoms with Crippen molar-refractivity contribution in [3.63, 3.8) is 0 Å². The number of nitrogens with one attached hydrogen (secondary N) is 2. The summed E-state index contributed by atoms with van der Waals surface area (Å²) in [5.41, 5.74) is 15.1. The number of aliphatic carboxylic acids is 1. The van der Waals surface area contributed by atoms with Crippen LogP contribution in [0.15, 0.2) is 0 Å². The van der Waals surface area contributed by atoms with Crippen molar-refractivity contribution in [3.8, 4) is 0 Å². The topological polar surface area (TPSA) is 228 Å². The molecule has 4 amide bonds. The van der Waals surface area contributed by atoms with Gasteiger partial charge < -0.3 is 38.0 Å². The van der Waals surface area contributed by atoms with Gasteiger partial charge in [-0.3, -0.25) is 19.2 Å². The third-order valence-corrected chi connectivity index (χ3v) is 2.59. The molecule has 0 aromatic carbocycles. The first-order valence-corrected chi connectivity index (χ1v) is 6.35. The summed E-state index contributed by atoms with van der Waals surface area (Å²) < 4.78 is 0. The van der Waals surface area contributed by atoms with Crippen molar-refractivity contribution < 1.29 is 34.2 Å². The number of aliphatic hydroxyl groups is 1. The molecule has 12 nitrogen and oxygen atoms in total. The van der Waals surface area contributed by atoms with E-state index in [1.165, 1.54) is 0 Å². The van der Waals surface area contributed by atoms with Crippen LogP contribution in [-0.4, -0.2) is 64.5 Å². The first kappa shape index (κ1) is 20.3. The summed E-state index contributed by atoms with van der Waals surface area (Å²) in [7, 11) is 0. The quantitative estimate of drug-likeness (QED) is 0.204. The normalized spacial score (nSPS) is 14.2. The van der Waals surface area contributed by atoms with Gasteiger partial charge in [0.25, 0.3) is 0 Å². The molecule has 3 atom stereocenters. The van der Waals surface area contributed by atoms with E-state index in [1.807, 2.05) is 10.6 Å². The highest BCUT2D eigenvalue weighted by Crippen LogP contribution is 1.95. The summed E-state index contributed by atoms with van der Waals surface area (Å²) in [5, 5.41) is 21.9. The minimum Gasteiger partial charge on any atom is -0.480 e. The zero-order valence-corrected chi connectivity index (χ0v) is 12.0. The van der Waals surface area contributed by atoms with Crippen LogP contribution < -0.4 is 27.8 Å². The number of carboxylic acid groups (broad SMARTS) is 1. The van der Waals surface area contributed by atoms with Crippen LogP contribution in [-0.2, 0) is 24.0 Å². The van der Waals surface area contributed by atoms with E-state index in [4.69, 9.17) is 27.4 Å². The molecule has 0 bridgehead atoms. The van der Waals surface area contributed by atoms with Crippen molar-refractivity contribution in [1.82, 2.24) is 10.6 Å². The second-order valence-corrected chi connectivity index (χ2v) is 4.59. The van der Waals surface area contributed by atoms with Crippen LogP contribution >= 0.6 is 0 Å². The second-order valence-electron chi connectivity index (χ2n) is 4.59. The molecular formula is C11H19N5O7. The molecule has 0 radical (unpaired) electrons. The predicted octanol–water partition coefficient (Wildman–Crippen LogP) is -4.89. The molecule has 10 N–H and O–H groups in total.